The molecule has 9 heteroatoms. The van der Waals surface area contributed by atoms with Gasteiger partial charge in [-0.3, -0.25) is 4.99 Å². The third kappa shape index (κ3) is 9.27. The van der Waals surface area contributed by atoms with Crippen LogP contribution in [0, 0.1) is 0 Å². The Bertz CT molecular complexity index is 606. The number of hydrogen-bond acceptors (Lipinski definition) is 4. The molecule has 1 saturated heterocycles. The van der Waals surface area contributed by atoms with Crippen molar-refractivity contribution in [1.29, 1.82) is 0 Å². The summed E-state index contributed by atoms with van der Waals surface area (Å²) >= 11 is 0. The normalized spacial score (nSPS) is 17.6. The maximum Gasteiger partial charge on any atom is 0.422 e. The van der Waals surface area contributed by atoms with Crippen LogP contribution < -0.4 is 15.4 Å². The first kappa shape index (κ1) is 22.3. The minimum absolute atomic E-state index is 0.183. The highest BCUT2D eigenvalue weighted by Gasteiger charge is 2.28. The Morgan fingerprint density at radius 1 is 1.32 bits per heavy atom. The van der Waals surface area contributed by atoms with Crippen molar-refractivity contribution in [2.75, 3.05) is 40.0 Å². The summed E-state index contributed by atoms with van der Waals surface area (Å²) in [6.45, 7) is 1.91. The first-order valence-corrected chi connectivity index (χ1v) is 9.38. The molecule has 6 nitrogen and oxygen atoms in total. The molecule has 0 amide bonds. The molecule has 28 heavy (non-hydrogen) atoms. The van der Waals surface area contributed by atoms with Gasteiger partial charge in [0, 0.05) is 33.4 Å². The van der Waals surface area contributed by atoms with Crippen molar-refractivity contribution < 1.29 is 27.4 Å². The van der Waals surface area contributed by atoms with Gasteiger partial charge in [0.1, 0.15) is 5.75 Å². The van der Waals surface area contributed by atoms with Crippen LogP contribution in [0.25, 0.3) is 0 Å². The quantitative estimate of drug-likeness (QED) is 0.357. The number of hydrogen-bond donors (Lipinski definition) is 2. The maximum absolute atomic E-state index is 12.2. The zero-order valence-corrected chi connectivity index (χ0v) is 16.1. The van der Waals surface area contributed by atoms with E-state index in [1.807, 2.05) is 0 Å². The van der Waals surface area contributed by atoms with Crippen molar-refractivity contribution in [3.8, 4) is 5.75 Å². The number of rotatable bonds is 10. The molecule has 158 valence electrons. The van der Waals surface area contributed by atoms with Crippen LogP contribution in [-0.4, -0.2) is 58.3 Å². The summed E-state index contributed by atoms with van der Waals surface area (Å²) in [6.07, 6.45) is -1.12. The van der Waals surface area contributed by atoms with Gasteiger partial charge in [-0.05, 0) is 37.0 Å². The Hall–Kier alpha value is -2.00. The lowest BCUT2D eigenvalue weighted by Crippen LogP contribution is -2.37. The number of nitrogens with one attached hydrogen (secondary N) is 2. The molecule has 1 atom stereocenters. The van der Waals surface area contributed by atoms with Crippen molar-refractivity contribution in [1.82, 2.24) is 10.6 Å². The molecule has 1 aromatic carbocycles. The largest absolute Gasteiger partial charge is 0.484 e. The lowest BCUT2D eigenvalue weighted by Gasteiger charge is -2.14. The molecule has 1 heterocycles. The van der Waals surface area contributed by atoms with Gasteiger partial charge in [-0.1, -0.05) is 12.1 Å². The summed E-state index contributed by atoms with van der Waals surface area (Å²) in [5.41, 5.74) is 0.794. The van der Waals surface area contributed by atoms with Crippen LogP contribution in [0.15, 0.2) is 29.3 Å². The third-order valence-corrected chi connectivity index (χ3v) is 4.07. The van der Waals surface area contributed by atoms with Gasteiger partial charge in [-0.2, -0.15) is 13.2 Å². The van der Waals surface area contributed by atoms with Crippen LogP contribution in [0.2, 0.25) is 0 Å². The molecule has 0 spiro atoms. The van der Waals surface area contributed by atoms with Gasteiger partial charge in [0.15, 0.2) is 12.6 Å². The minimum Gasteiger partial charge on any atom is -0.484 e. The van der Waals surface area contributed by atoms with Crippen LogP contribution in [-0.2, 0) is 16.0 Å². The molecular weight excluding hydrogens is 375 g/mol. The predicted octanol–water partition coefficient (Wildman–Crippen LogP) is 2.88. The van der Waals surface area contributed by atoms with Crippen molar-refractivity contribution in [2.45, 2.75) is 38.1 Å². The van der Waals surface area contributed by atoms with Crippen LogP contribution in [0.1, 0.15) is 24.8 Å². The molecule has 1 unspecified atom stereocenters. The van der Waals surface area contributed by atoms with E-state index >= 15 is 0 Å². The third-order valence-electron chi connectivity index (χ3n) is 4.07. The van der Waals surface area contributed by atoms with Crippen LogP contribution in [0.5, 0.6) is 5.75 Å². The van der Waals surface area contributed by atoms with Crippen molar-refractivity contribution >= 4 is 5.96 Å². The molecule has 1 aliphatic heterocycles. The van der Waals surface area contributed by atoms with Crippen molar-refractivity contribution in [3.63, 3.8) is 0 Å². The first-order valence-electron chi connectivity index (χ1n) is 9.38. The Labute approximate surface area is 163 Å². The highest BCUT2D eigenvalue weighted by Crippen LogP contribution is 2.19. The van der Waals surface area contributed by atoms with E-state index in [9.17, 15) is 13.2 Å². The molecule has 2 N–H and O–H groups in total. The SMILES string of the molecule is CN=C(NCCCOCC1CCCO1)NCc1cccc(OCC(F)(F)F)c1. The fraction of sp³-hybridized carbons (Fsp3) is 0.632. The van der Waals surface area contributed by atoms with E-state index in [1.165, 1.54) is 6.07 Å². The summed E-state index contributed by atoms with van der Waals surface area (Å²) in [5.74, 6) is 0.795. The average Bonchev–Trinajstić information content (AvgIpc) is 3.18. The summed E-state index contributed by atoms with van der Waals surface area (Å²) in [5, 5.41) is 6.30. The van der Waals surface area contributed by atoms with Gasteiger partial charge in [0.2, 0.25) is 0 Å². The van der Waals surface area contributed by atoms with E-state index in [-0.39, 0.29) is 11.9 Å². The Kier molecular flexibility index (Phi) is 9.36. The lowest BCUT2D eigenvalue weighted by molar-refractivity contribution is -0.153. The Morgan fingerprint density at radius 2 is 2.18 bits per heavy atom. The fourth-order valence-electron chi connectivity index (χ4n) is 2.69. The highest BCUT2D eigenvalue weighted by atomic mass is 19.4. The number of nitrogens with zero attached hydrogens (tertiary/aromatic N) is 1. The molecule has 1 aromatic rings. The van der Waals surface area contributed by atoms with Gasteiger partial charge in [-0.15, -0.1) is 0 Å². The molecule has 1 fully saturated rings. The van der Waals surface area contributed by atoms with Crippen LogP contribution in [0.3, 0.4) is 0 Å². The predicted molar refractivity (Wildman–Crippen MR) is 101 cm³/mol. The topological polar surface area (TPSA) is 64.1 Å². The van der Waals surface area contributed by atoms with Gasteiger partial charge >= 0.3 is 6.18 Å². The molecule has 2 rings (SSSR count). The standard InChI is InChI=1S/C19H28F3N3O3/c1-23-18(24-8-4-9-26-13-17-7-3-10-27-17)25-12-15-5-2-6-16(11-15)28-14-19(20,21)22/h2,5-6,11,17H,3-4,7-10,12-14H2,1H3,(H2,23,24,25). The summed E-state index contributed by atoms with van der Waals surface area (Å²) in [7, 11) is 1.66. The lowest BCUT2D eigenvalue weighted by atomic mass is 10.2. The minimum atomic E-state index is -4.35. The van der Waals surface area contributed by atoms with Crippen LogP contribution in [0.4, 0.5) is 13.2 Å². The number of aliphatic imine (C=N–C) groups is 1. The van der Waals surface area contributed by atoms with Crippen LogP contribution >= 0.6 is 0 Å². The smallest absolute Gasteiger partial charge is 0.422 e. The second-order valence-electron chi connectivity index (χ2n) is 6.47. The first-order chi connectivity index (χ1) is 13.5. The van der Waals surface area contributed by atoms with Crippen molar-refractivity contribution in [2.24, 2.45) is 4.99 Å². The van der Waals surface area contributed by atoms with Gasteiger partial charge in [0.25, 0.3) is 0 Å². The van der Waals surface area contributed by atoms with Gasteiger partial charge < -0.3 is 24.8 Å². The van der Waals surface area contributed by atoms with Gasteiger partial charge in [0.05, 0.1) is 12.7 Å². The number of alkyl halides is 3. The second-order valence-corrected chi connectivity index (χ2v) is 6.47. The number of ether oxygens (including phenoxy) is 3. The Morgan fingerprint density at radius 3 is 2.89 bits per heavy atom. The molecule has 0 aliphatic carbocycles. The Balaban J connectivity index is 1.62. The maximum atomic E-state index is 12.2. The summed E-state index contributed by atoms with van der Waals surface area (Å²) < 4.78 is 52.6. The number of benzene rings is 1. The fourth-order valence-corrected chi connectivity index (χ4v) is 2.69. The number of guanidine groups is 1. The van der Waals surface area contributed by atoms with E-state index in [1.54, 1.807) is 25.2 Å². The molecule has 0 saturated carbocycles. The monoisotopic (exact) mass is 403 g/mol. The second kappa shape index (κ2) is 11.8. The van der Waals surface area contributed by atoms with E-state index in [0.717, 1.165) is 31.4 Å². The van der Waals surface area contributed by atoms with Gasteiger partial charge in [-0.25, -0.2) is 0 Å². The highest BCUT2D eigenvalue weighted by molar-refractivity contribution is 5.79. The van der Waals surface area contributed by atoms with E-state index < -0.39 is 12.8 Å². The molecule has 0 bridgehead atoms. The molecular formula is C19H28F3N3O3. The molecule has 1 aliphatic rings. The van der Waals surface area contributed by atoms with E-state index in [4.69, 9.17) is 14.2 Å². The van der Waals surface area contributed by atoms with Crippen molar-refractivity contribution in [3.05, 3.63) is 29.8 Å². The molecule has 0 radical (unpaired) electrons. The molecule has 0 aromatic heterocycles. The van der Waals surface area contributed by atoms with E-state index in [0.29, 0.717) is 32.3 Å². The summed E-state index contributed by atoms with van der Waals surface area (Å²) in [4.78, 5) is 4.13. The average molecular weight is 403 g/mol. The number of halogens is 3. The zero-order valence-electron chi connectivity index (χ0n) is 16.1. The van der Waals surface area contributed by atoms with E-state index in [2.05, 4.69) is 15.6 Å². The zero-order chi connectivity index (χ0) is 20.2. The summed E-state index contributed by atoms with van der Waals surface area (Å²) in [6, 6.07) is 6.54.